The van der Waals surface area contributed by atoms with Crippen LogP contribution in [0, 0.1) is 0 Å². The lowest BCUT2D eigenvalue weighted by Gasteiger charge is -2.50. The van der Waals surface area contributed by atoms with Gasteiger partial charge in [-0.05, 0) is 133 Å². The van der Waals surface area contributed by atoms with Gasteiger partial charge in [0, 0.05) is 24.8 Å². The molecule has 3 fully saturated rings. The number of carbonyl (C=O) groups excluding carboxylic acids is 1. The molecule has 1 N–H and O–H groups in total. The van der Waals surface area contributed by atoms with Crippen molar-refractivity contribution in [3.63, 3.8) is 0 Å². The zero-order valence-electron chi connectivity index (χ0n) is 43.4. The number of rotatable bonds is 13. The van der Waals surface area contributed by atoms with Gasteiger partial charge in [0.05, 0.1) is 20.3 Å². The largest absolute Gasteiger partial charge is 0.411 e. The van der Waals surface area contributed by atoms with Gasteiger partial charge in [-0.1, -0.05) is 179 Å². The van der Waals surface area contributed by atoms with E-state index < -0.39 is 54.5 Å². The van der Waals surface area contributed by atoms with Crippen molar-refractivity contribution in [1.82, 2.24) is 10.2 Å². The van der Waals surface area contributed by atoms with Crippen molar-refractivity contribution in [3.8, 4) is 0 Å². The Morgan fingerprint density at radius 2 is 1.06 bits per heavy atom. The first-order valence-corrected chi connectivity index (χ1v) is 41.5. The van der Waals surface area contributed by atoms with Crippen molar-refractivity contribution in [3.05, 3.63) is 121 Å². The maximum absolute atomic E-state index is 15.0. The van der Waals surface area contributed by atoms with Gasteiger partial charge >= 0.3 is 6.03 Å². The highest BCUT2D eigenvalue weighted by atomic mass is 31.1. The van der Waals surface area contributed by atoms with Crippen molar-refractivity contribution in [1.29, 1.82) is 0 Å². The number of benzene rings is 4. The standard InChI is InChI=1S/C56H86N2O4P2Si4/c1-10-53-56(3)54(11-2)61-66(6,7)38-26-42-68(41-25-37-65(4,5)60-53,43-27-39-67(8,9)62-56)40-24-36-57-55(59)58-45-52(64(50-32-20-14-21-33-50)51-34-22-15-23-35-51)44-47(58)46-63(48-28-16-12-17-29-48)49-30-18-13-19-31-49/h12-23,28-35,47,52-54H,10-11,24-27,36-46H2,1-9H3,(H,57,59)/t47-,52-,53?,54?,56?,68?/m0/s1. The number of nitrogens with one attached hydrogen (secondary N) is 1. The Balaban J connectivity index is 1.14. The van der Waals surface area contributed by atoms with E-state index in [2.05, 4.69) is 192 Å². The molecule has 2 amide bonds. The van der Waals surface area contributed by atoms with Gasteiger partial charge in [0.1, 0.15) is 5.60 Å². The summed E-state index contributed by atoms with van der Waals surface area (Å²) in [6.45, 7) is 23.3. The molecular weight excluding hydrogens is 939 g/mol. The van der Waals surface area contributed by atoms with Crippen LogP contribution in [-0.4, -0.2) is 92.7 Å². The summed E-state index contributed by atoms with van der Waals surface area (Å²) < 4.78 is 22.4. The summed E-state index contributed by atoms with van der Waals surface area (Å²) in [5.41, 5.74) is -0.0861. The fourth-order valence-electron chi connectivity index (χ4n) is 12.3. The van der Waals surface area contributed by atoms with Crippen LogP contribution in [-0.2, 0) is 13.3 Å². The predicted octanol–water partition coefficient (Wildman–Crippen LogP) is 13.4. The fraction of sp³-hybridized carbons (Fsp3) is 0.554. The maximum Gasteiger partial charge on any atom is 0.317 e. The molecule has 7 rings (SSSR count). The topological polar surface area (TPSA) is 60.0 Å². The number of carbonyl (C=O) groups is 1. The minimum Gasteiger partial charge on any atom is -0.411 e. The second kappa shape index (κ2) is 24.0. The number of nitrogens with zero attached hydrogens (tertiary/aromatic N) is 1. The van der Waals surface area contributed by atoms with E-state index in [4.69, 9.17) is 13.3 Å². The van der Waals surface area contributed by atoms with Gasteiger partial charge in [-0.3, -0.25) is 0 Å². The van der Waals surface area contributed by atoms with Crippen LogP contribution in [0.1, 0.15) is 65.7 Å². The Morgan fingerprint density at radius 1 is 0.632 bits per heavy atom. The Bertz CT molecular complexity index is 2040. The summed E-state index contributed by atoms with van der Waals surface area (Å²) in [5, 5.41) is 9.17. The van der Waals surface area contributed by atoms with Crippen LogP contribution in [0.3, 0.4) is 0 Å². The summed E-state index contributed by atoms with van der Waals surface area (Å²) in [5.74, 6) is 0. The van der Waals surface area contributed by atoms with Crippen molar-refractivity contribution >= 4 is 76.1 Å². The van der Waals surface area contributed by atoms with Crippen LogP contribution in [0.5, 0.6) is 0 Å². The Morgan fingerprint density at radius 3 is 1.50 bits per heavy atom. The van der Waals surface area contributed by atoms with Gasteiger partial charge < -0.3 is 23.5 Å². The first kappa shape index (κ1) is 53.6. The second-order valence-corrected chi connectivity index (χ2v) is 45.0. The highest BCUT2D eigenvalue weighted by Crippen LogP contribution is 2.48. The van der Waals surface area contributed by atoms with E-state index in [1.54, 1.807) is 0 Å². The number of fused-ring (bicyclic) bond motifs is 6. The number of hydrogen-bond acceptors (Lipinski definition) is 4. The molecule has 4 aromatic carbocycles. The normalized spacial score (nSPS) is 27.8. The van der Waals surface area contributed by atoms with Gasteiger partial charge in [0.15, 0.2) is 25.0 Å². The average Bonchev–Trinajstić information content (AvgIpc) is 3.74. The van der Waals surface area contributed by atoms with Crippen molar-refractivity contribution in [2.75, 3.05) is 19.3 Å². The number of likely N-dealkylation sites (tertiary alicyclic amines) is 1. The molecule has 12 heteroatoms. The molecule has 370 valence electrons. The van der Waals surface area contributed by atoms with Crippen molar-refractivity contribution in [2.45, 2.75) is 177 Å². The molecule has 6 nitrogen and oxygen atoms in total. The Labute approximate surface area is 419 Å². The fourth-order valence-corrected chi connectivity index (χ4v) is 31.3. The van der Waals surface area contributed by atoms with E-state index in [0.717, 1.165) is 44.9 Å². The van der Waals surface area contributed by atoms with E-state index in [0.29, 0.717) is 5.66 Å². The third kappa shape index (κ3) is 14.0. The molecule has 0 aliphatic carbocycles. The van der Waals surface area contributed by atoms with E-state index >= 15 is 0 Å². The molecular formula is C56H86N2O4P2Si4. The van der Waals surface area contributed by atoms with E-state index in [-0.39, 0.29) is 24.3 Å². The zero-order chi connectivity index (χ0) is 48.4. The Hall–Kier alpha value is -2.24. The molecule has 4 aromatic rings. The van der Waals surface area contributed by atoms with Crippen LogP contribution in [0.25, 0.3) is 0 Å². The molecule has 3 aliphatic heterocycles. The highest BCUT2D eigenvalue weighted by molar-refractivity contribution is 7.74. The molecule has 3 heterocycles. The molecule has 68 heavy (non-hydrogen) atoms. The smallest absolute Gasteiger partial charge is 0.317 e. The van der Waals surface area contributed by atoms with Gasteiger partial charge in [-0.25, -0.2) is 4.79 Å². The first-order valence-electron chi connectivity index (χ1n) is 26.4. The number of amides is 2. The van der Waals surface area contributed by atoms with Gasteiger partial charge in [0.25, 0.3) is 0 Å². The van der Waals surface area contributed by atoms with Crippen LogP contribution in [0.15, 0.2) is 121 Å². The van der Waals surface area contributed by atoms with Crippen LogP contribution >= 0.6 is 15.8 Å². The molecule has 3 saturated heterocycles. The van der Waals surface area contributed by atoms with E-state index in [1.165, 1.54) is 82.8 Å². The van der Waals surface area contributed by atoms with Gasteiger partial charge in [-0.2, -0.15) is 0 Å². The molecule has 0 radical (unpaired) electrons. The van der Waals surface area contributed by atoms with Crippen LogP contribution in [0.2, 0.25) is 81.6 Å². The summed E-state index contributed by atoms with van der Waals surface area (Å²) in [4.78, 5) is 17.3. The predicted molar refractivity (Wildman–Crippen MR) is 305 cm³/mol. The van der Waals surface area contributed by atoms with Gasteiger partial charge in [0.2, 0.25) is 0 Å². The van der Waals surface area contributed by atoms with Crippen LogP contribution < -0.4 is 26.5 Å². The summed E-state index contributed by atoms with van der Waals surface area (Å²) >= 11 is 0. The molecule has 4 atom stereocenters. The molecule has 2 bridgehead atoms. The number of urea groups is 1. The van der Waals surface area contributed by atoms with Gasteiger partial charge in [-0.15, -0.1) is 0 Å². The quantitative estimate of drug-likeness (QED) is 0.0824. The Kier molecular flexibility index (Phi) is 18.9. The first-order chi connectivity index (χ1) is 32.5. The molecule has 2 unspecified atom stereocenters. The van der Waals surface area contributed by atoms with E-state index in [1.807, 2.05) is 0 Å². The monoisotopic (exact) mass is 1020 g/mol. The third-order valence-electron chi connectivity index (χ3n) is 15.7. The lowest BCUT2D eigenvalue weighted by atomic mass is 9.89. The van der Waals surface area contributed by atoms with Crippen LogP contribution in [0.4, 0.5) is 4.79 Å². The maximum atomic E-state index is 15.0. The molecule has 0 spiro atoms. The second-order valence-electron chi connectivity index (χ2n) is 22.5. The van der Waals surface area contributed by atoms with Crippen molar-refractivity contribution < 1.29 is 18.1 Å². The number of hydrogen-bond donors (Lipinski definition) is 1. The molecule has 0 aromatic heterocycles. The minimum atomic E-state index is -2.09. The SMILES string of the molecule is CCC1O[Si](C)(C)CCC[Si]2(CCCNC(=O)N3C[C@@H](P(c4ccccc4)c4ccccc4)C[C@H]3CP(c3ccccc3)c3ccccc3)CCC[Si](C)(C)OC(CC)C1(C)O[Si](C)(C)CCC2. The minimum absolute atomic E-state index is 0.0396. The lowest BCUT2D eigenvalue weighted by Crippen LogP contribution is -2.61. The summed E-state index contributed by atoms with van der Waals surface area (Å²) in [6.07, 6.45) is 8.81. The summed E-state index contributed by atoms with van der Waals surface area (Å²) in [6, 6.07) is 53.7. The average molecular weight is 1030 g/mol. The van der Waals surface area contributed by atoms with E-state index in [9.17, 15) is 4.79 Å². The zero-order valence-corrected chi connectivity index (χ0v) is 49.1. The lowest BCUT2D eigenvalue weighted by molar-refractivity contribution is -0.111. The highest BCUT2D eigenvalue weighted by Gasteiger charge is 2.50. The summed E-state index contributed by atoms with van der Waals surface area (Å²) in [7, 11) is -9.19. The van der Waals surface area contributed by atoms with Crippen molar-refractivity contribution in [2.24, 2.45) is 0 Å². The molecule has 0 saturated carbocycles. The third-order valence-corrected chi connectivity index (χ3v) is 34.3. The molecule has 3 aliphatic rings.